The van der Waals surface area contributed by atoms with Crippen molar-refractivity contribution in [3.05, 3.63) is 64.7 Å². The lowest BCUT2D eigenvalue weighted by Gasteiger charge is -2.14. The Bertz CT molecular complexity index is 1170. The molecule has 2 aromatic carbocycles. The van der Waals surface area contributed by atoms with Crippen molar-refractivity contribution in [1.29, 1.82) is 0 Å². The number of anilines is 1. The Kier molecular flexibility index (Phi) is 8.48. The zero-order valence-electron chi connectivity index (χ0n) is 18.1. The van der Waals surface area contributed by atoms with Gasteiger partial charge in [0.1, 0.15) is 5.75 Å². The molecule has 0 spiro atoms. The number of carbonyl (C=O) groups excluding carboxylic acids is 1. The highest BCUT2D eigenvalue weighted by atomic mass is 35.5. The van der Waals surface area contributed by atoms with E-state index in [-0.39, 0.29) is 33.9 Å². The molecular weight excluding hydrogens is 493 g/mol. The van der Waals surface area contributed by atoms with Crippen LogP contribution in [0.1, 0.15) is 37.7 Å². The van der Waals surface area contributed by atoms with Crippen LogP contribution in [0.3, 0.4) is 0 Å². The molecule has 0 heterocycles. The number of sulfonamides is 1. The maximum Gasteiger partial charge on any atom is 0.416 e. The summed E-state index contributed by atoms with van der Waals surface area (Å²) >= 11 is 6.11. The first-order valence-electron chi connectivity index (χ1n) is 10.6. The molecule has 11 heteroatoms. The molecule has 0 atom stereocenters. The largest absolute Gasteiger partial charge is 0.482 e. The van der Waals surface area contributed by atoms with Crippen LogP contribution in [0, 0.1) is 0 Å². The third kappa shape index (κ3) is 7.39. The smallest absolute Gasteiger partial charge is 0.416 e. The summed E-state index contributed by atoms with van der Waals surface area (Å²) in [5.41, 5.74) is 0.112. The first kappa shape index (κ1) is 25.9. The SMILES string of the molecule is O=C(COc1ccc(S(=O)(=O)Nc2cccc(C(F)(F)F)c2)cc1Cl)NCCC1=CCCCC1. The second kappa shape index (κ2) is 11.1. The van der Waals surface area contributed by atoms with E-state index in [4.69, 9.17) is 16.3 Å². The Morgan fingerprint density at radius 2 is 1.91 bits per heavy atom. The molecule has 184 valence electrons. The zero-order valence-corrected chi connectivity index (χ0v) is 19.7. The van der Waals surface area contributed by atoms with Gasteiger partial charge in [-0.2, -0.15) is 13.2 Å². The second-order valence-electron chi connectivity index (χ2n) is 7.77. The zero-order chi connectivity index (χ0) is 24.8. The summed E-state index contributed by atoms with van der Waals surface area (Å²) in [6.07, 6.45) is 2.89. The quantitative estimate of drug-likeness (QED) is 0.428. The summed E-state index contributed by atoms with van der Waals surface area (Å²) in [4.78, 5) is 11.7. The van der Waals surface area contributed by atoms with Crippen LogP contribution in [-0.4, -0.2) is 27.5 Å². The number of ether oxygens (including phenoxy) is 1. The van der Waals surface area contributed by atoms with Gasteiger partial charge in [0.05, 0.1) is 15.5 Å². The van der Waals surface area contributed by atoms with E-state index in [1.54, 1.807) is 0 Å². The minimum Gasteiger partial charge on any atom is -0.482 e. The van der Waals surface area contributed by atoms with Gasteiger partial charge in [-0.1, -0.05) is 29.3 Å². The van der Waals surface area contributed by atoms with Gasteiger partial charge in [0.2, 0.25) is 0 Å². The number of benzene rings is 2. The second-order valence-corrected chi connectivity index (χ2v) is 9.86. The van der Waals surface area contributed by atoms with Gasteiger partial charge in [0, 0.05) is 12.2 Å². The van der Waals surface area contributed by atoms with Crippen molar-refractivity contribution >= 4 is 33.2 Å². The average Bonchev–Trinajstić information content (AvgIpc) is 2.78. The van der Waals surface area contributed by atoms with E-state index in [1.165, 1.54) is 36.6 Å². The first-order valence-corrected chi connectivity index (χ1v) is 12.5. The molecule has 0 aromatic heterocycles. The lowest BCUT2D eigenvalue weighted by Crippen LogP contribution is -2.30. The fraction of sp³-hybridized carbons (Fsp3) is 0.348. The summed E-state index contributed by atoms with van der Waals surface area (Å²) in [6.45, 7) is 0.202. The van der Waals surface area contributed by atoms with Crippen LogP contribution in [-0.2, 0) is 21.0 Å². The Balaban J connectivity index is 1.56. The molecule has 2 aromatic rings. The van der Waals surface area contributed by atoms with Crippen LogP contribution in [0.2, 0.25) is 5.02 Å². The molecule has 34 heavy (non-hydrogen) atoms. The van der Waals surface area contributed by atoms with Crippen LogP contribution in [0.5, 0.6) is 5.75 Å². The molecule has 0 saturated carbocycles. The minimum absolute atomic E-state index is 0.0629. The molecule has 0 radical (unpaired) electrons. The van der Waals surface area contributed by atoms with Crippen molar-refractivity contribution in [2.24, 2.45) is 0 Å². The van der Waals surface area contributed by atoms with Crippen LogP contribution in [0.4, 0.5) is 18.9 Å². The van der Waals surface area contributed by atoms with Gasteiger partial charge in [0.25, 0.3) is 15.9 Å². The lowest BCUT2D eigenvalue weighted by atomic mass is 9.97. The number of amides is 1. The molecule has 2 N–H and O–H groups in total. The Morgan fingerprint density at radius 1 is 1.12 bits per heavy atom. The highest BCUT2D eigenvalue weighted by molar-refractivity contribution is 7.92. The van der Waals surface area contributed by atoms with Crippen LogP contribution >= 0.6 is 11.6 Å². The topological polar surface area (TPSA) is 84.5 Å². The Labute approximate surface area is 201 Å². The molecular formula is C23H24ClF3N2O4S. The summed E-state index contributed by atoms with van der Waals surface area (Å²) in [6, 6.07) is 7.40. The van der Waals surface area contributed by atoms with Crippen molar-refractivity contribution in [2.45, 2.75) is 43.2 Å². The molecule has 0 unspecified atom stereocenters. The van der Waals surface area contributed by atoms with Crippen molar-refractivity contribution in [3.63, 3.8) is 0 Å². The van der Waals surface area contributed by atoms with Crippen molar-refractivity contribution in [2.75, 3.05) is 17.9 Å². The molecule has 1 aliphatic carbocycles. The van der Waals surface area contributed by atoms with Crippen LogP contribution in [0.25, 0.3) is 0 Å². The Morgan fingerprint density at radius 3 is 2.59 bits per heavy atom. The van der Waals surface area contributed by atoms with E-state index in [2.05, 4.69) is 16.1 Å². The third-order valence-corrected chi connectivity index (χ3v) is 6.84. The summed E-state index contributed by atoms with van der Waals surface area (Å²) in [5, 5.41) is 2.70. The van der Waals surface area contributed by atoms with Gasteiger partial charge >= 0.3 is 6.18 Å². The monoisotopic (exact) mass is 516 g/mol. The van der Waals surface area contributed by atoms with E-state index < -0.39 is 21.8 Å². The maximum absolute atomic E-state index is 12.9. The van der Waals surface area contributed by atoms with Crippen molar-refractivity contribution in [1.82, 2.24) is 5.32 Å². The molecule has 0 aliphatic heterocycles. The van der Waals surface area contributed by atoms with Crippen LogP contribution < -0.4 is 14.8 Å². The molecule has 0 bridgehead atoms. The van der Waals surface area contributed by atoms with Gasteiger partial charge in [-0.25, -0.2) is 8.42 Å². The fourth-order valence-corrected chi connectivity index (χ4v) is 4.80. The standard InChI is InChI=1S/C23H24ClF3N2O4S/c24-20-14-19(34(31,32)29-18-8-4-7-17(13-18)23(25,26)27)9-10-21(20)33-15-22(30)28-12-11-16-5-2-1-3-6-16/h4-5,7-10,13-14,29H,1-3,6,11-12,15H2,(H,28,30). The van der Waals surface area contributed by atoms with E-state index in [0.29, 0.717) is 12.6 Å². The highest BCUT2D eigenvalue weighted by Gasteiger charge is 2.30. The summed E-state index contributed by atoms with van der Waals surface area (Å²) in [7, 11) is -4.21. The number of rotatable bonds is 9. The number of carbonyl (C=O) groups is 1. The maximum atomic E-state index is 12.9. The van der Waals surface area contributed by atoms with E-state index in [9.17, 15) is 26.4 Å². The summed E-state index contributed by atoms with van der Waals surface area (Å²) < 4.78 is 71.2. The first-order chi connectivity index (χ1) is 16.0. The Hall–Kier alpha value is -2.72. The average molecular weight is 517 g/mol. The predicted molar refractivity (Wildman–Crippen MR) is 123 cm³/mol. The van der Waals surface area contributed by atoms with E-state index >= 15 is 0 Å². The van der Waals surface area contributed by atoms with Crippen molar-refractivity contribution in [3.8, 4) is 5.75 Å². The summed E-state index contributed by atoms with van der Waals surface area (Å²) in [5.74, 6) is -0.236. The van der Waals surface area contributed by atoms with E-state index in [1.807, 2.05) is 0 Å². The lowest BCUT2D eigenvalue weighted by molar-refractivity contribution is -0.137. The normalized spacial score (nSPS) is 14.3. The third-order valence-electron chi connectivity index (χ3n) is 5.17. The number of hydrogen-bond acceptors (Lipinski definition) is 4. The fourth-order valence-electron chi connectivity index (χ4n) is 3.43. The number of alkyl halides is 3. The van der Waals surface area contributed by atoms with Gasteiger partial charge in [-0.05, 0) is 68.5 Å². The molecule has 1 amide bonds. The molecule has 0 fully saturated rings. The van der Waals surface area contributed by atoms with Gasteiger partial charge in [0.15, 0.2) is 6.61 Å². The number of hydrogen-bond donors (Lipinski definition) is 2. The molecule has 0 saturated heterocycles. The van der Waals surface area contributed by atoms with Crippen LogP contribution in [0.15, 0.2) is 59.0 Å². The number of allylic oxidation sites excluding steroid dienone is 1. The van der Waals surface area contributed by atoms with Crippen molar-refractivity contribution < 1.29 is 31.1 Å². The van der Waals surface area contributed by atoms with Gasteiger partial charge in [-0.15, -0.1) is 0 Å². The molecule has 1 aliphatic rings. The highest BCUT2D eigenvalue weighted by Crippen LogP contribution is 2.32. The minimum atomic E-state index is -4.61. The van der Waals surface area contributed by atoms with E-state index in [0.717, 1.165) is 37.5 Å². The molecule has 3 rings (SSSR count). The van der Waals surface area contributed by atoms with Gasteiger partial charge in [-0.3, -0.25) is 9.52 Å². The van der Waals surface area contributed by atoms with Gasteiger partial charge < -0.3 is 10.1 Å². The number of nitrogens with one attached hydrogen (secondary N) is 2. The molecule has 6 nitrogen and oxygen atoms in total. The number of halogens is 4. The predicted octanol–water partition coefficient (Wildman–Crippen LogP) is 5.55.